The zero-order valence-electron chi connectivity index (χ0n) is 14.5. The molecule has 2 rings (SSSR count). The maximum Gasteiger partial charge on any atom is 0.0384 e. The van der Waals surface area contributed by atoms with Crippen LogP contribution in [0.3, 0.4) is 0 Å². The third-order valence-corrected chi connectivity index (χ3v) is 4.11. The molecule has 0 radical (unpaired) electrons. The van der Waals surface area contributed by atoms with Crippen LogP contribution in [0.5, 0.6) is 0 Å². The molecule has 0 bridgehead atoms. The van der Waals surface area contributed by atoms with Crippen molar-refractivity contribution in [2.75, 3.05) is 6.54 Å². The predicted octanol–water partition coefficient (Wildman–Crippen LogP) is 4.95. The van der Waals surface area contributed by atoms with Crippen LogP contribution in [0, 0.1) is 23.2 Å². The van der Waals surface area contributed by atoms with Gasteiger partial charge in [0.05, 0.1) is 0 Å². The van der Waals surface area contributed by atoms with Gasteiger partial charge >= 0.3 is 0 Å². The predicted molar refractivity (Wildman–Crippen MR) is 101 cm³/mol. The molecule has 1 nitrogen and oxygen atoms in total. The molecule has 1 heteroatoms. The third kappa shape index (κ3) is 5.27. The Kier molecular flexibility index (Phi) is 6.02. The van der Waals surface area contributed by atoms with Gasteiger partial charge in [0.2, 0.25) is 0 Å². The summed E-state index contributed by atoms with van der Waals surface area (Å²) < 4.78 is 0. The largest absolute Gasteiger partial charge is 0.329 e. The molecule has 0 saturated carbocycles. The maximum absolute atomic E-state index is 5.67. The van der Waals surface area contributed by atoms with Gasteiger partial charge in [-0.15, -0.1) is 0 Å². The average Bonchev–Trinajstić information content (AvgIpc) is 2.55. The van der Waals surface area contributed by atoms with Crippen molar-refractivity contribution in [3.8, 4) is 11.8 Å². The van der Waals surface area contributed by atoms with Crippen LogP contribution in [-0.4, -0.2) is 6.54 Å². The molecule has 0 amide bonds. The summed E-state index contributed by atoms with van der Waals surface area (Å²) in [6, 6.07) is 15.2. The van der Waals surface area contributed by atoms with Gasteiger partial charge in [-0.05, 0) is 55.0 Å². The lowest BCUT2D eigenvalue weighted by atomic mass is 9.93. The first-order valence-corrected chi connectivity index (χ1v) is 8.36. The number of hydrogen-bond acceptors (Lipinski definition) is 1. The Morgan fingerprint density at radius 1 is 1.13 bits per heavy atom. The van der Waals surface area contributed by atoms with E-state index in [1.165, 1.54) is 16.3 Å². The molecule has 0 aromatic heterocycles. The van der Waals surface area contributed by atoms with E-state index < -0.39 is 0 Å². The Bertz CT molecular complexity index is 723. The van der Waals surface area contributed by atoms with Crippen molar-refractivity contribution >= 4 is 10.8 Å². The van der Waals surface area contributed by atoms with Crippen molar-refractivity contribution in [2.45, 2.75) is 33.6 Å². The van der Waals surface area contributed by atoms with Crippen LogP contribution in [-0.2, 0) is 6.42 Å². The van der Waals surface area contributed by atoms with Crippen LogP contribution in [0.4, 0.5) is 0 Å². The van der Waals surface area contributed by atoms with Crippen LogP contribution in [0.2, 0.25) is 0 Å². The Morgan fingerprint density at radius 3 is 2.65 bits per heavy atom. The third-order valence-electron chi connectivity index (χ3n) is 4.11. The molecule has 0 heterocycles. The Morgan fingerprint density at radius 2 is 1.87 bits per heavy atom. The summed E-state index contributed by atoms with van der Waals surface area (Å²) in [5.74, 6) is 6.91. The standard InChI is InChI=1S/C22H27N/c1-18(10-5-4-8-15-22(2,3)17-23)16-20-13-9-12-19-11-6-7-14-21(19)20/h4-7,9,11-14,18H,10,16-17,23H2,1-3H3/b5-4+. The first kappa shape index (κ1) is 17.3. The fourth-order valence-electron chi connectivity index (χ4n) is 2.58. The number of allylic oxidation sites excluding steroid dienone is 2. The Labute approximate surface area is 140 Å². The van der Waals surface area contributed by atoms with Crippen molar-refractivity contribution in [1.82, 2.24) is 0 Å². The summed E-state index contributed by atoms with van der Waals surface area (Å²) in [5, 5.41) is 2.69. The molecular formula is C22H27N. The van der Waals surface area contributed by atoms with E-state index in [0.29, 0.717) is 12.5 Å². The minimum Gasteiger partial charge on any atom is -0.329 e. The monoisotopic (exact) mass is 305 g/mol. The Balaban J connectivity index is 1.96. The second-order valence-electron chi connectivity index (χ2n) is 6.94. The molecule has 0 fully saturated rings. The van der Waals surface area contributed by atoms with Crippen LogP contribution in [0.1, 0.15) is 32.8 Å². The van der Waals surface area contributed by atoms with Gasteiger partial charge in [-0.2, -0.15) is 0 Å². The van der Waals surface area contributed by atoms with Gasteiger partial charge in [0.15, 0.2) is 0 Å². The van der Waals surface area contributed by atoms with Gasteiger partial charge in [0, 0.05) is 12.0 Å². The van der Waals surface area contributed by atoms with Crippen LogP contribution in [0.15, 0.2) is 54.6 Å². The molecule has 0 spiro atoms. The van der Waals surface area contributed by atoms with E-state index in [1.54, 1.807) is 0 Å². The molecule has 120 valence electrons. The molecule has 2 N–H and O–H groups in total. The van der Waals surface area contributed by atoms with Gasteiger partial charge in [0.1, 0.15) is 0 Å². The van der Waals surface area contributed by atoms with E-state index in [4.69, 9.17) is 5.73 Å². The summed E-state index contributed by atoms with van der Waals surface area (Å²) in [7, 11) is 0. The van der Waals surface area contributed by atoms with Crippen molar-refractivity contribution in [2.24, 2.45) is 17.1 Å². The minimum absolute atomic E-state index is 0.0983. The summed E-state index contributed by atoms with van der Waals surface area (Å²) >= 11 is 0. The van der Waals surface area contributed by atoms with Gasteiger partial charge in [-0.1, -0.05) is 67.3 Å². The lowest BCUT2D eigenvalue weighted by molar-refractivity contribution is 0.519. The van der Waals surface area contributed by atoms with E-state index in [0.717, 1.165) is 12.8 Å². The molecule has 1 unspecified atom stereocenters. The number of rotatable bonds is 5. The SMILES string of the molecule is CC(C/C=C/C#CC(C)(C)CN)Cc1cccc2ccccc12. The van der Waals surface area contributed by atoms with Crippen molar-refractivity contribution in [3.63, 3.8) is 0 Å². The van der Waals surface area contributed by atoms with E-state index in [1.807, 2.05) is 6.08 Å². The highest BCUT2D eigenvalue weighted by Gasteiger charge is 2.09. The van der Waals surface area contributed by atoms with E-state index in [-0.39, 0.29) is 5.41 Å². The summed E-state index contributed by atoms with van der Waals surface area (Å²) in [5.41, 5.74) is 7.01. The van der Waals surface area contributed by atoms with Crippen molar-refractivity contribution < 1.29 is 0 Å². The fourth-order valence-corrected chi connectivity index (χ4v) is 2.58. The lowest BCUT2D eigenvalue weighted by Gasteiger charge is -2.12. The highest BCUT2D eigenvalue weighted by molar-refractivity contribution is 5.85. The summed E-state index contributed by atoms with van der Waals surface area (Å²) in [6.07, 6.45) is 6.28. The zero-order chi connectivity index (χ0) is 16.7. The number of nitrogens with two attached hydrogens (primary N) is 1. The number of hydrogen-bond donors (Lipinski definition) is 1. The quantitative estimate of drug-likeness (QED) is 0.777. The summed E-state index contributed by atoms with van der Waals surface area (Å²) in [4.78, 5) is 0. The topological polar surface area (TPSA) is 26.0 Å². The average molecular weight is 305 g/mol. The number of fused-ring (bicyclic) bond motifs is 1. The molecular weight excluding hydrogens is 278 g/mol. The van der Waals surface area contributed by atoms with Gasteiger partial charge in [-0.25, -0.2) is 0 Å². The smallest absolute Gasteiger partial charge is 0.0384 e. The highest BCUT2D eigenvalue weighted by atomic mass is 14.6. The molecule has 0 aliphatic carbocycles. The second-order valence-corrected chi connectivity index (χ2v) is 6.94. The van der Waals surface area contributed by atoms with Crippen molar-refractivity contribution in [1.29, 1.82) is 0 Å². The molecule has 1 atom stereocenters. The number of benzene rings is 2. The fraction of sp³-hybridized carbons (Fsp3) is 0.364. The molecule has 0 aliphatic heterocycles. The summed E-state index contributed by atoms with van der Waals surface area (Å²) in [6.45, 7) is 7.02. The minimum atomic E-state index is -0.0983. The second kappa shape index (κ2) is 7.99. The first-order valence-electron chi connectivity index (χ1n) is 8.36. The molecule has 0 aliphatic rings. The molecule has 2 aromatic carbocycles. The van der Waals surface area contributed by atoms with Crippen molar-refractivity contribution in [3.05, 3.63) is 60.2 Å². The van der Waals surface area contributed by atoms with E-state index in [2.05, 4.69) is 81.2 Å². The lowest BCUT2D eigenvalue weighted by Crippen LogP contribution is -2.21. The zero-order valence-corrected chi connectivity index (χ0v) is 14.5. The van der Waals surface area contributed by atoms with Gasteiger partial charge < -0.3 is 5.73 Å². The maximum atomic E-state index is 5.67. The molecule has 23 heavy (non-hydrogen) atoms. The van der Waals surface area contributed by atoms with Crippen LogP contribution >= 0.6 is 0 Å². The van der Waals surface area contributed by atoms with E-state index >= 15 is 0 Å². The van der Waals surface area contributed by atoms with Gasteiger partial charge in [0.25, 0.3) is 0 Å². The molecule has 0 saturated heterocycles. The van der Waals surface area contributed by atoms with Gasteiger partial charge in [-0.3, -0.25) is 0 Å². The van der Waals surface area contributed by atoms with Crippen LogP contribution in [0.25, 0.3) is 10.8 Å². The van der Waals surface area contributed by atoms with E-state index in [9.17, 15) is 0 Å². The Hall–Kier alpha value is -2.04. The highest BCUT2D eigenvalue weighted by Crippen LogP contribution is 2.22. The first-order chi connectivity index (χ1) is 11.0. The normalized spacial score (nSPS) is 13.0. The van der Waals surface area contributed by atoms with Crippen LogP contribution < -0.4 is 5.73 Å². The molecule has 2 aromatic rings.